The van der Waals surface area contributed by atoms with E-state index in [2.05, 4.69) is 6.58 Å². The van der Waals surface area contributed by atoms with Crippen LogP contribution in [0.4, 0.5) is 0 Å². The van der Waals surface area contributed by atoms with Gasteiger partial charge in [0.1, 0.15) is 6.26 Å². The smallest absolute Gasteiger partial charge is 0.0991 e. The first kappa shape index (κ1) is 16.4. The quantitative estimate of drug-likeness (QED) is 0.412. The number of rotatable bonds is 3. The van der Waals surface area contributed by atoms with E-state index in [4.69, 9.17) is 23.2 Å². The van der Waals surface area contributed by atoms with E-state index >= 15 is 0 Å². The van der Waals surface area contributed by atoms with Gasteiger partial charge in [-0.25, -0.2) is 0 Å². The molecule has 1 aromatic rings. The molecule has 0 atom stereocenters. The lowest BCUT2D eigenvalue weighted by Crippen LogP contribution is -1.79. The lowest BCUT2D eigenvalue weighted by atomic mass is 10.4. The molecule has 0 radical (unpaired) electrons. The Kier molecular flexibility index (Phi) is 10.1. The zero-order chi connectivity index (χ0) is 13.1. The van der Waals surface area contributed by atoms with E-state index in [1.807, 2.05) is 49.6 Å². The van der Waals surface area contributed by atoms with Crippen LogP contribution < -0.4 is 0 Å². The molecule has 0 unspecified atom stereocenters. The minimum Gasteiger partial charge on any atom is -0.0991 e. The third kappa shape index (κ3) is 8.14. The number of allylic oxidation sites excluding steroid dienone is 5. The maximum atomic E-state index is 5.84. The van der Waals surface area contributed by atoms with Gasteiger partial charge in [0.15, 0.2) is 4.90 Å². The van der Waals surface area contributed by atoms with Gasteiger partial charge >= 0.3 is 0 Å². The number of hydrogen-bond donors (Lipinski definition) is 0. The Bertz CT molecular complexity index is 395. The van der Waals surface area contributed by atoms with E-state index in [1.54, 1.807) is 12.1 Å². The van der Waals surface area contributed by atoms with Crippen molar-refractivity contribution in [3.63, 3.8) is 0 Å². The lowest BCUT2D eigenvalue weighted by molar-refractivity contribution is 1.46. The lowest BCUT2D eigenvalue weighted by Gasteiger charge is -1.92. The third-order valence-electron chi connectivity index (χ3n) is 1.70. The minimum absolute atomic E-state index is 0.692. The molecular formula is C14H17Cl2S+. The van der Waals surface area contributed by atoms with Gasteiger partial charge in [-0.05, 0) is 25.1 Å². The van der Waals surface area contributed by atoms with Crippen molar-refractivity contribution in [2.24, 2.45) is 0 Å². The fourth-order valence-electron chi connectivity index (χ4n) is 0.916. The molecule has 0 fully saturated rings. The zero-order valence-corrected chi connectivity index (χ0v) is 12.4. The Morgan fingerprint density at radius 1 is 1.18 bits per heavy atom. The molecule has 1 aromatic carbocycles. The Hall–Kier alpha value is -0.630. The highest BCUT2D eigenvalue weighted by Gasteiger charge is 2.03. The molecule has 17 heavy (non-hydrogen) atoms. The van der Waals surface area contributed by atoms with E-state index in [0.29, 0.717) is 5.02 Å². The highest BCUT2D eigenvalue weighted by atomic mass is 35.5. The minimum atomic E-state index is 0.692. The fraction of sp³-hybridized carbons (Fsp3) is 0.143. The molecule has 92 valence electrons. The molecule has 0 aliphatic carbocycles. The average Bonchev–Trinajstić information content (AvgIpc) is 2.31. The average molecular weight is 288 g/mol. The summed E-state index contributed by atoms with van der Waals surface area (Å²) in [7, 11) is 0. The van der Waals surface area contributed by atoms with Crippen LogP contribution in [-0.2, 0) is 11.8 Å². The molecule has 1 rings (SSSR count). The molecule has 0 aliphatic rings. The summed E-state index contributed by atoms with van der Waals surface area (Å²) in [5.41, 5.74) is 0. The van der Waals surface area contributed by atoms with Gasteiger partial charge in [-0.2, -0.15) is 0 Å². The van der Waals surface area contributed by atoms with Crippen LogP contribution in [0.1, 0.15) is 6.92 Å². The number of hydrogen-bond acceptors (Lipinski definition) is 0. The van der Waals surface area contributed by atoms with Gasteiger partial charge in [0.05, 0.1) is 5.02 Å². The summed E-state index contributed by atoms with van der Waals surface area (Å²) in [6, 6.07) is 5.54. The molecule has 0 spiro atoms. The summed E-state index contributed by atoms with van der Waals surface area (Å²) in [4.78, 5) is 1.12. The maximum absolute atomic E-state index is 5.84. The van der Waals surface area contributed by atoms with Crippen LogP contribution in [-0.4, -0.2) is 6.26 Å². The topological polar surface area (TPSA) is 0 Å². The van der Waals surface area contributed by atoms with E-state index in [0.717, 1.165) is 9.92 Å². The summed E-state index contributed by atoms with van der Waals surface area (Å²) in [6.07, 6.45) is 11.5. The largest absolute Gasteiger partial charge is 0.171 e. The van der Waals surface area contributed by atoms with Crippen molar-refractivity contribution < 1.29 is 0 Å². The van der Waals surface area contributed by atoms with E-state index in [-0.39, 0.29) is 0 Å². The van der Waals surface area contributed by atoms with Gasteiger partial charge in [-0.3, -0.25) is 0 Å². The summed E-state index contributed by atoms with van der Waals surface area (Å²) < 4.78 is 0. The van der Waals surface area contributed by atoms with Crippen molar-refractivity contribution in [2.75, 3.05) is 6.26 Å². The Morgan fingerprint density at radius 2 is 1.88 bits per heavy atom. The predicted octanol–water partition coefficient (Wildman–Crippen LogP) is 5.10. The van der Waals surface area contributed by atoms with Crippen LogP contribution in [0.15, 0.2) is 60.1 Å². The standard InChI is InChI=1S/C7H6Cl2S.C7H10/c1-10-7-3-2-5(8)4-6(7)9;1-3-5-7-6-4-2/h2-4H,1H3;3-7H,1H2,2H3/p+1/b;6-4-,7-5-. The zero-order valence-electron chi connectivity index (χ0n) is 10.0. The highest BCUT2D eigenvalue weighted by Crippen LogP contribution is 2.21. The molecule has 0 heterocycles. The molecule has 0 nitrogen and oxygen atoms in total. The van der Waals surface area contributed by atoms with Crippen molar-refractivity contribution >= 4 is 35.0 Å². The van der Waals surface area contributed by atoms with Crippen molar-refractivity contribution in [1.29, 1.82) is 0 Å². The van der Waals surface area contributed by atoms with Crippen LogP contribution in [0.25, 0.3) is 0 Å². The summed E-state index contributed by atoms with van der Waals surface area (Å²) in [5, 5.41) is 1.44. The van der Waals surface area contributed by atoms with Gasteiger partial charge < -0.3 is 0 Å². The Labute approximate surface area is 118 Å². The Morgan fingerprint density at radius 3 is 2.35 bits per heavy atom. The first-order valence-electron chi connectivity index (χ1n) is 5.11. The van der Waals surface area contributed by atoms with Gasteiger partial charge in [-0.1, -0.05) is 60.2 Å². The van der Waals surface area contributed by atoms with E-state index < -0.39 is 0 Å². The third-order valence-corrected chi connectivity index (χ3v) is 3.25. The van der Waals surface area contributed by atoms with Gasteiger partial charge in [0, 0.05) is 16.8 Å². The van der Waals surface area contributed by atoms with Crippen LogP contribution in [0, 0.1) is 0 Å². The van der Waals surface area contributed by atoms with Gasteiger partial charge in [0.25, 0.3) is 0 Å². The molecular weight excluding hydrogens is 271 g/mol. The molecule has 3 heteroatoms. The molecule has 0 N–H and O–H groups in total. The fourth-order valence-corrected chi connectivity index (χ4v) is 2.08. The van der Waals surface area contributed by atoms with Gasteiger partial charge in [-0.15, -0.1) is 0 Å². The first-order valence-corrected chi connectivity index (χ1v) is 7.20. The second kappa shape index (κ2) is 10.5. The molecule has 0 aliphatic heterocycles. The number of benzene rings is 1. The van der Waals surface area contributed by atoms with E-state index in [1.165, 1.54) is 11.8 Å². The number of halogens is 2. The Balaban J connectivity index is 0.000000325. The maximum Gasteiger partial charge on any atom is 0.171 e. The second-order valence-corrected chi connectivity index (χ2v) is 4.74. The molecule has 0 amide bonds. The number of thiol groups is 1. The highest BCUT2D eigenvalue weighted by molar-refractivity contribution is 7.77. The van der Waals surface area contributed by atoms with E-state index in [9.17, 15) is 0 Å². The SMILES string of the molecule is C=C/C=C\C=C/C.C[SH+]c1ccc(Cl)cc1Cl. The van der Waals surface area contributed by atoms with Crippen LogP contribution >= 0.6 is 23.2 Å². The summed E-state index contributed by atoms with van der Waals surface area (Å²) >= 11 is 12.7. The van der Waals surface area contributed by atoms with Crippen molar-refractivity contribution in [1.82, 2.24) is 0 Å². The van der Waals surface area contributed by atoms with Crippen LogP contribution in [0.3, 0.4) is 0 Å². The molecule has 0 aromatic heterocycles. The van der Waals surface area contributed by atoms with Crippen LogP contribution in [0.2, 0.25) is 10.0 Å². The summed E-state index contributed by atoms with van der Waals surface area (Å²) in [6.45, 7) is 5.49. The molecule has 0 saturated heterocycles. The monoisotopic (exact) mass is 287 g/mol. The predicted molar refractivity (Wildman–Crippen MR) is 83.6 cm³/mol. The van der Waals surface area contributed by atoms with Crippen molar-refractivity contribution in [3.05, 3.63) is 65.2 Å². The normalized spacial score (nSPS) is 10.4. The molecule has 0 bridgehead atoms. The first-order chi connectivity index (χ1) is 8.15. The van der Waals surface area contributed by atoms with Crippen molar-refractivity contribution in [3.8, 4) is 0 Å². The van der Waals surface area contributed by atoms with Crippen LogP contribution in [0.5, 0.6) is 0 Å². The second-order valence-electron chi connectivity index (χ2n) is 2.97. The van der Waals surface area contributed by atoms with Crippen molar-refractivity contribution in [2.45, 2.75) is 11.8 Å². The van der Waals surface area contributed by atoms with Gasteiger partial charge in [0.2, 0.25) is 0 Å². The molecule has 0 saturated carbocycles. The summed E-state index contributed by atoms with van der Waals surface area (Å²) in [5.74, 6) is 0.